The van der Waals surface area contributed by atoms with Gasteiger partial charge < -0.3 is 16.8 Å². The van der Waals surface area contributed by atoms with Crippen LogP contribution in [0.25, 0.3) is 12.2 Å². The van der Waals surface area contributed by atoms with E-state index in [0.717, 1.165) is 34.4 Å². The minimum absolute atomic E-state index is 0.0726. The van der Waals surface area contributed by atoms with Gasteiger partial charge in [0.1, 0.15) is 11.7 Å². The minimum Gasteiger partial charge on any atom is -0.384 e. The molecule has 0 saturated heterocycles. The standard InChI is InChI=1S/C26H27N5/c27-25(28)22-13-4-8-19(17-22)7-3-12-21-11-1-2-15-24(21)31-16-6-10-20-9-5-14-23(18-20)26(29)30/h1-11,13-15,17-18,31H,12,16H2,(H3,27,28)(H3,29,30). The van der Waals surface area contributed by atoms with Crippen molar-refractivity contribution in [1.82, 2.24) is 0 Å². The third-order valence-corrected chi connectivity index (χ3v) is 4.78. The Balaban J connectivity index is 1.60. The Morgan fingerprint density at radius 2 is 1.32 bits per heavy atom. The van der Waals surface area contributed by atoms with Crippen LogP contribution in [0.4, 0.5) is 5.69 Å². The molecule has 0 aliphatic rings. The van der Waals surface area contributed by atoms with E-state index in [4.69, 9.17) is 22.3 Å². The summed E-state index contributed by atoms with van der Waals surface area (Å²) in [7, 11) is 0. The highest BCUT2D eigenvalue weighted by molar-refractivity contribution is 5.95. The van der Waals surface area contributed by atoms with Crippen LogP contribution >= 0.6 is 0 Å². The van der Waals surface area contributed by atoms with Gasteiger partial charge in [0.25, 0.3) is 0 Å². The fourth-order valence-electron chi connectivity index (χ4n) is 3.18. The van der Waals surface area contributed by atoms with Gasteiger partial charge in [0.2, 0.25) is 0 Å². The highest BCUT2D eigenvalue weighted by Gasteiger charge is 2.00. The molecule has 0 heterocycles. The molecule has 3 aromatic rings. The first-order valence-corrected chi connectivity index (χ1v) is 10.1. The molecule has 0 radical (unpaired) electrons. The van der Waals surface area contributed by atoms with E-state index in [1.807, 2.05) is 72.8 Å². The number of anilines is 1. The van der Waals surface area contributed by atoms with Crippen molar-refractivity contribution in [2.75, 3.05) is 11.9 Å². The summed E-state index contributed by atoms with van der Waals surface area (Å²) in [5, 5.41) is 18.6. The van der Waals surface area contributed by atoms with Crippen LogP contribution in [0.5, 0.6) is 0 Å². The van der Waals surface area contributed by atoms with Crippen LogP contribution in [0, 0.1) is 10.8 Å². The van der Waals surface area contributed by atoms with E-state index in [1.165, 1.54) is 5.56 Å². The van der Waals surface area contributed by atoms with E-state index in [-0.39, 0.29) is 11.7 Å². The lowest BCUT2D eigenvalue weighted by molar-refractivity contribution is 1.23. The Hall–Kier alpha value is -4.12. The average molecular weight is 410 g/mol. The number of nitrogen functional groups attached to an aromatic ring is 2. The molecular weight excluding hydrogens is 382 g/mol. The van der Waals surface area contributed by atoms with Crippen molar-refractivity contribution < 1.29 is 0 Å². The van der Waals surface area contributed by atoms with Gasteiger partial charge in [-0.05, 0) is 41.3 Å². The van der Waals surface area contributed by atoms with E-state index in [2.05, 4.69) is 29.6 Å². The molecule has 0 unspecified atom stereocenters. The Kier molecular flexibility index (Phi) is 7.38. The summed E-state index contributed by atoms with van der Waals surface area (Å²) >= 11 is 0. The molecule has 0 aliphatic carbocycles. The number of nitrogens with two attached hydrogens (primary N) is 2. The molecule has 0 fully saturated rings. The van der Waals surface area contributed by atoms with Gasteiger partial charge in [0, 0.05) is 23.4 Å². The molecule has 0 aliphatic heterocycles. The maximum atomic E-state index is 7.56. The van der Waals surface area contributed by atoms with Crippen molar-refractivity contribution in [1.29, 1.82) is 10.8 Å². The third kappa shape index (κ3) is 6.44. The van der Waals surface area contributed by atoms with Crippen molar-refractivity contribution in [2.45, 2.75) is 6.42 Å². The number of nitrogens with one attached hydrogen (secondary N) is 3. The van der Waals surface area contributed by atoms with Crippen molar-refractivity contribution >= 4 is 29.5 Å². The van der Waals surface area contributed by atoms with Crippen LogP contribution in [0.2, 0.25) is 0 Å². The summed E-state index contributed by atoms with van der Waals surface area (Å²) in [6.45, 7) is 0.686. The van der Waals surface area contributed by atoms with Crippen molar-refractivity contribution in [3.8, 4) is 0 Å². The monoisotopic (exact) mass is 409 g/mol. The zero-order chi connectivity index (χ0) is 22.1. The Labute approximate surface area is 183 Å². The summed E-state index contributed by atoms with van der Waals surface area (Å²) in [5.74, 6) is 0.147. The maximum absolute atomic E-state index is 7.56. The van der Waals surface area contributed by atoms with Crippen LogP contribution in [-0.4, -0.2) is 18.2 Å². The van der Waals surface area contributed by atoms with Gasteiger partial charge in [-0.1, -0.05) is 78.9 Å². The number of para-hydroxylation sites is 1. The van der Waals surface area contributed by atoms with Gasteiger partial charge in [0.05, 0.1) is 0 Å². The first kappa shape index (κ1) is 21.6. The number of allylic oxidation sites excluding steroid dienone is 1. The minimum atomic E-state index is 0.0726. The lowest BCUT2D eigenvalue weighted by Gasteiger charge is -2.09. The highest BCUT2D eigenvalue weighted by Crippen LogP contribution is 2.17. The SMILES string of the molecule is N=C(N)c1cccc(C=CCNc2ccccc2CC=Cc2cccc(C(=N)N)c2)c1. The number of benzene rings is 3. The van der Waals surface area contributed by atoms with Gasteiger partial charge >= 0.3 is 0 Å². The Bertz CT molecular complexity index is 1130. The largest absolute Gasteiger partial charge is 0.384 e. The molecule has 0 bridgehead atoms. The van der Waals surface area contributed by atoms with E-state index >= 15 is 0 Å². The van der Waals surface area contributed by atoms with Crippen LogP contribution in [0.1, 0.15) is 27.8 Å². The summed E-state index contributed by atoms with van der Waals surface area (Å²) in [6.07, 6.45) is 9.02. The van der Waals surface area contributed by atoms with Gasteiger partial charge in [-0.25, -0.2) is 0 Å². The van der Waals surface area contributed by atoms with Crippen LogP contribution in [-0.2, 0) is 6.42 Å². The number of amidine groups is 2. The Morgan fingerprint density at radius 1 is 0.742 bits per heavy atom. The molecule has 156 valence electrons. The molecule has 0 amide bonds. The number of hydrogen-bond acceptors (Lipinski definition) is 3. The summed E-state index contributed by atoms with van der Waals surface area (Å²) in [4.78, 5) is 0. The predicted molar refractivity (Wildman–Crippen MR) is 132 cm³/mol. The second-order valence-corrected chi connectivity index (χ2v) is 7.13. The first-order valence-electron chi connectivity index (χ1n) is 10.1. The lowest BCUT2D eigenvalue weighted by Crippen LogP contribution is -2.10. The van der Waals surface area contributed by atoms with E-state index in [9.17, 15) is 0 Å². The van der Waals surface area contributed by atoms with Gasteiger partial charge in [-0.3, -0.25) is 10.8 Å². The average Bonchev–Trinajstić information content (AvgIpc) is 2.78. The van der Waals surface area contributed by atoms with Crippen molar-refractivity contribution in [3.05, 3.63) is 113 Å². The van der Waals surface area contributed by atoms with Crippen molar-refractivity contribution in [3.63, 3.8) is 0 Å². The van der Waals surface area contributed by atoms with Gasteiger partial charge in [-0.2, -0.15) is 0 Å². The summed E-state index contributed by atoms with van der Waals surface area (Å²) in [5.41, 5.74) is 16.9. The first-order chi connectivity index (χ1) is 15.0. The van der Waals surface area contributed by atoms with E-state index in [0.29, 0.717) is 6.54 Å². The van der Waals surface area contributed by atoms with Crippen molar-refractivity contribution in [2.24, 2.45) is 11.5 Å². The Morgan fingerprint density at radius 3 is 1.94 bits per heavy atom. The molecule has 0 atom stereocenters. The topological polar surface area (TPSA) is 112 Å². The zero-order valence-electron chi connectivity index (χ0n) is 17.3. The molecule has 5 nitrogen and oxygen atoms in total. The quantitative estimate of drug-likeness (QED) is 0.262. The zero-order valence-corrected chi connectivity index (χ0v) is 17.3. The molecule has 0 spiro atoms. The van der Waals surface area contributed by atoms with Crippen LogP contribution < -0.4 is 16.8 Å². The fraction of sp³-hybridized carbons (Fsp3) is 0.0769. The molecule has 31 heavy (non-hydrogen) atoms. The normalized spacial score (nSPS) is 11.1. The molecule has 5 heteroatoms. The molecule has 0 aromatic heterocycles. The van der Waals surface area contributed by atoms with Gasteiger partial charge in [0.15, 0.2) is 0 Å². The van der Waals surface area contributed by atoms with E-state index in [1.54, 1.807) is 0 Å². The maximum Gasteiger partial charge on any atom is 0.122 e. The predicted octanol–water partition coefficient (Wildman–Crippen LogP) is 4.64. The smallest absolute Gasteiger partial charge is 0.122 e. The molecule has 7 N–H and O–H groups in total. The molecular formula is C26H27N5. The number of hydrogen-bond donors (Lipinski definition) is 5. The highest BCUT2D eigenvalue weighted by atomic mass is 14.9. The summed E-state index contributed by atoms with van der Waals surface area (Å²) in [6, 6.07) is 23.5. The lowest BCUT2D eigenvalue weighted by atomic mass is 10.1. The molecule has 0 saturated carbocycles. The van der Waals surface area contributed by atoms with E-state index < -0.39 is 0 Å². The van der Waals surface area contributed by atoms with Gasteiger partial charge in [-0.15, -0.1) is 0 Å². The second kappa shape index (κ2) is 10.6. The number of rotatable bonds is 9. The second-order valence-electron chi connectivity index (χ2n) is 7.13. The summed E-state index contributed by atoms with van der Waals surface area (Å²) < 4.78 is 0. The third-order valence-electron chi connectivity index (χ3n) is 4.78. The van der Waals surface area contributed by atoms with Crippen LogP contribution in [0.3, 0.4) is 0 Å². The fourth-order valence-corrected chi connectivity index (χ4v) is 3.18. The van der Waals surface area contributed by atoms with Crippen LogP contribution in [0.15, 0.2) is 84.9 Å². The molecule has 3 aromatic carbocycles. The molecule has 3 rings (SSSR count).